The lowest BCUT2D eigenvalue weighted by atomic mass is 10.1. The molecule has 0 aliphatic carbocycles. The number of carbonyl (C=O) groups excluding carboxylic acids is 1. The molecule has 0 aliphatic heterocycles. The number of amides is 1. The van der Waals surface area contributed by atoms with Gasteiger partial charge < -0.3 is 5.32 Å². The van der Waals surface area contributed by atoms with Gasteiger partial charge in [-0.3, -0.25) is 4.79 Å². The molecule has 7 nitrogen and oxygen atoms in total. The molecule has 3 heterocycles. The largest absolute Gasteiger partial charge is 0.302 e. The molecule has 0 spiro atoms. The van der Waals surface area contributed by atoms with E-state index in [1.165, 1.54) is 35.2 Å². The van der Waals surface area contributed by atoms with Gasteiger partial charge in [0.25, 0.3) is 0 Å². The number of fused-ring (bicyclic) bond motifs is 2. The fourth-order valence-electron chi connectivity index (χ4n) is 2.98. The van der Waals surface area contributed by atoms with Crippen LogP contribution < -0.4 is 5.32 Å². The third kappa shape index (κ3) is 4.06. The maximum Gasteiger partial charge on any atom is 0.228 e. The van der Waals surface area contributed by atoms with E-state index in [4.69, 9.17) is 0 Å². The van der Waals surface area contributed by atoms with Gasteiger partial charge >= 0.3 is 0 Å². The standard InChI is InChI=1S/C22H17FN6OS2/c1-12(2)20(30)25-21-24-17-8-7-15(11-18(17)32-21)31-22-27-26-19-10-9-16(28-29(19)22)13-3-5-14(23)6-4-13/h3-12H,1-2H3,(H,24,25,30). The monoisotopic (exact) mass is 464 g/mol. The summed E-state index contributed by atoms with van der Waals surface area (Å²) >= 11 is 2.86. The minimum absolute atomic E-state index is 0.0587. The number of nitrogens with one attached hydrogen (secondary N) is 1. The zero-order valence-corrected chi connectivity index (χ0v) is 18.7. The van der Waals surface area contributed by atoms with Crippen LogP contribution in [0.25, 0.3) is 27.1 Å². The van der Waals surface area contributed by atoms with Crippen LogP contribution in [-0.4, -0.2) is 30.7 Å². The molecule has 2 aromatic carbocycles. The molecule has 10 heteroatoms. The van der Waals surface area contributed by atoms with Crippen LogP contribution in [0.2, 0.25) is 0 Å². The second kappa shape index (κ2) is 8.29. The van der Waals surface area contributed by atoms with Crippen LogP contribution in [0.4, 0.5) is 9.52 Å². The van der Waals surface area contributed by atoms with Crippen molar-refractivity contribution in [2.45, 2.75) is 23.9 Å². The predicted octanol–water partition coefficient (Wildman–Crippen LogP) is 5.29. The van der Waals surface area contributed by atoms with Crippen molar-refractivity contribution in [2.75, 3.05) is 5.32 Å². The number of benzene rings is 2. The normalized spacial score (nSPS) is 11.5. The maximum atomic E-state index is 13.2. The number of anilines is 1. The molecule has 0 aliphatic rings. The Morgan fingerprint density at radius 2 is 1.91 bits per heavy atom. The van der Waals surface area contributed by atoms with Gasteiger partial charge in [0.15, 0.2) is 10.8 Å². The summed E-state index contributed by atoms with van der Waals surface area (Å²) in [6, 6.07) is 15.7. The number of halogens is 1. The van der Waals surface area contributed by atoms with E-state index in [1.807, 2.05) is 44.2 Å². The summed E-state index contributed by atoms with van der Waals surface area (Å²) in [6.45, 7) is 3.69. The summed E-state index contributed by atoms with van der Waals surface area (Å²) in [5.74, 6) is -0.459. The third-order valence-corrected chi connectivity index (χ3v) is 6.56. The Kier molecular flexibility index (Phi) is 5.32. The summed E-state index contributed by atoms with van der Waals surface area (Å²) in [6.07, 6.45) is 0. The highest BCUT2D eigenvalue weighted by Crippen LogP contribution is 2.33. The molecule has 0 radical (unpaired) electrons. The first-order valence-corrected chi connectivity index (χ1v) is 11.5. The Labute approximate surface area is 190 Å². The van der Waals surface area contributed by atoms with E-state index in [0.717, 1.165) is 20.7 Å². The minimum atomic E-state index is -0.291. The van der Waals surface area contributed by atoms with Gasteiger partial charge in [0.05, 0.1) is 15.9 Å². The van der Waals surface area contributed by atoms with Gasteiger partial charge in [-0.05, 0) is 66.4 Å². The molecule has 160 valence electrons. The molecule has 1 N–H and O–H groups in total. The second-order valence-corrected chi connectivity index (χ2v) is 9.44. The third-order valence-electron chi connectivity index (χ3n) is 4.70. The summed E-state index contributed by atoms with van der Waals surface area (Å²) in [5.41, 5.74) is 2.94. The molecule has 0 unspecified atom stereocenters. The predicted molar refractivity (Wildman–Crippen MR) is 123 cm³/mol. The molecule has 5 rings (SSSR count). The molecular weight excluding hydrogens is 447 g/mol. The highest BCUT2D eigenvalue weighted by molar-refractivity contribution is 7.99. The Morgan fingerprint density at radius 1 is 1.09 bits per heavy atom. The van der Waals surface area contributed by atoms with Gasteiger partial charge in [-0.15, -0.1) is 10.2 Å². The van der Waals surface area contributed by atoms with Crippen LogP contribution in [0.15, 0.2) is 64.6 Å². The molecular formula is C22H17FN6OS2. The Balaban J connectivity index is 1.44. The fourth-order valence-corrected chi connectivity index (χ4v) is 4.79. The summed E-state index contributed by atoms with van der Waals surface area (Å²) in [7, 11) is 0. The van der Waals surface area contributed by atoms with Crippen LogP contribution in [0.3, 0.4) is 0 Å². The minimum Gasteiger partial charge on any atom is -0.302 e. The fraction of sp³-hybridized carbons (Fsp3) is 0.136. The lowest BCUT2D eigenvalue weighted by Gasteiger charge is -2.03. The zero-order valence-electron chi connectivity index (χ0n) is 17.1. The van der Waals surface area contributed by atoms with Gasteiger partial charge in [0.2, 0.25) is 11.1 Å². The van der Waals surface area contributed by atoms with Gasteiger partial charge in [0.1, 0.15) is 5.82 Å². The summed E-state index contributed by atoms with van der Waals surface area (Å²) in [5, 5.41) is 17.1. The summed E-state index contributed by atoms with van der Waals surface area (Å²) < 4.78 is 15.9. The molecule has 3 aromatic heterocycles. The quantitative estimate of drug-likeness (QED) is 0.381. The van der Waals surface area contributed by atoms with E-state index >= 15 is 0 Å². The average molecular weight is 465 g/mol. The molecule has 5 aromatic rings. The van der Waals surface area contributed by atoms with Crippen molar-refractivity contribution >= 4 is 50.0 Å². The van der Waals surface area contributed by atoms with E-state index in [0.29, 0.717) is 21.6 Å². The molecule has 0 bridgehead atoms. The van der Waals surface area contributed by atoms with Crippen molar-refractivity contribution < 1.29 is 9.18 Å². The maximum absolute atomic E-state index is 13.2. The van der Waals surface area contributed by atoms with Crippen molar-refractivity contribution in [3.05, 3.63) is 60.4 Å². The van der Waals surface area contributed by atoms with E-state index < -0.39 is 0 Å². The number of nitrogens with zero attached hydrogens (tertiary/aromatic N) is 5. The number of thiazole rings is 1. The first kappa shape index (κ1) is 20.5. The van der Waals surface area contributed by atoms with Gasteiger partial charge in [-0.2, -0.15) is 9.61 Å². The Bertz CT molecular complexity index is 1440. The average Bonchev–Trinajstić information content (AvgIpc) is 3.37. The number of carbonyl (C=O) groups is 1. The topological polar surface area (TPSA) is 85.1 Å². The zero-order chi connectivity index (χ0) is 22.2. The van der Waals surface area contributed by atoms with Crippen molar-refractivity contribution in [1.29, 1.82) is 0 Å². The van der Waals surface area contributed by atoms with Crippen LogP contribution >= 0.6 is 23.1 Å². The lowest BCUT2D eigenvalue weighted by molar-refractivity contribution is -0.118. The van der Waals surface area contributed by atoms with Gasteiger partial charge in [0, 0.05) is 16.4 Å². The number of hydrogen-bond donors (Lipinski definition) is 1. The Morgan fingerprint density at radius 3 is 2.69 bits per heavy atom. The van der Waals surface area contributed by atoms with Gasteiger partial charge in [-0.1, -0.05) is 25.2 Å². The number of aromatic nitrogens is 5. The molecule has 1 amide bonds. The smallest absolute Gasteiger partial charge is 0.228 e. The molecule has 32 heavy (non-hydrogen) atoms. The number of rotatable bonds is 5. The second-order valence-electron chi connectivity index (χ2n) is 7.37. The SMILES string of the molecule is CC(C)C(=O)Nc1nc2ccc(Sc3nnc4ccc(-c5ccc(F)cc5)nn34)cc2s1. The Hall–Kier alpha value is -3.37. The molecule has 0 atom stereocenters. The van der Waals surface area contributed by atoms with E-state index in [1.54, 1.807) is 16.6 Å². The lowest BCUT2D eigenvalue weighted by Crippen LogP contribution is -2.17. The van der Waals surface area contributed by atoms with E-state index in [9.17, 15) is 9.18 Å². The highest BCUT2D eigenvalue weighted by Gasteiger charge is 2.14. The van der Waals surface area contributed by atoms with Crippen LogP contribution in [0, 0.1) is 11.7 Å². The highest BCUT2D eigenvalue weighted by atomic mass is 32.2. The van der Waals surface area contributed by atoms with Crippen molar-refractivity contribution in [3.8, 4) is 11.3 Å². The van der Waals surface area contributed by atoms with Crippen LogP contribution in [-0.2, 0) is 4.79 Å². The van der Waals surface area contributed by atoms with Crippen molar-refractivity contribution in [1.82, 2.24) is 24.8 Å². The first-order valence-electron chi connectivity index (χ1n) is 9.84. The van der Waals surface area contributed by atoms with E-state index in [-0.39, 0.29) is 17.6 Å². The first-order chi connectivity index (χ1) is 15.5. The van der Waals surface area contributed by atoms with Crippen molar-refractivity contribution in [2.24, 2.45) is 5.92 Å². The molecule has 0 saturated carbocycles. The van der Waals surface area contributed by atoms with Crippen LogP contribution in [0.1, 0.15) is 13.8 Å². The molecule has 0 fully saturated rings. The molecule has 0 saturated heterocycles. The van der Waals surface area contributed by atoms with Crippen LogP contribution in [0.5, 0.6) is 0 Å². The van der Waals surface area contributed by atoms with Crippen molar-refractivity contribution in [3.63, 3.8) is 0 Å². The van der Waals surface area contributed by atoms with E-state index in [2.05, 4.69) is 25.6 Å². The number of hydrogen-bond acceptors (Lipinski definition) is 7. The van der Waals surface area contributed by atoms with Gasteiger partial charge in [-0.25, -0.2) is 9.37 Å². The summed E-state index contributed by atoms with van der Waals surface area (Å²) in [4.78, 5) is 17.4.